The minimum Gasteiger partial charge on any atom is -0.489 e. The van der Waals surface area contributed by atoms with Crippen LogP contribution >= 0.6 is 0 Å². The second kappa shape index (κ2) is 11.9. The molecule has 33 heavy (non-hydrogen) atoms. The van der Waals surface area contributed by atoms with Gasteiger partial charge in [0.1, 0.15) is 12.4 Å². The van der Waals surface area contributed by atoms with E-state index in [0.717, 1.165) is 29.7 Å². The van der Waals surface area contributed by atoms with Crippen molar-refractivity contribution in [2.75, 3.05) is 6.61 Å². The van der Waals surface area contributed by atoms with Crippen molar-refractivity contribution < 1.29 is 37.0 Å². The van der Waals surface area contributed by atoms with Gasteiger partial charge in [-0.15, -0.1) is 0 Å². The van der Waals surface area contributed by atoms with Crippen molar-refractivity contribution >= 4 is 18.0 Å². The number of hydrogen-bond donors (Lipinski definition) is 0. The molecule has 8 heteroatoms. The molecule has 0 fully saturated rings. The molecule has 0 spiro atoms. The Morgan fingerprint density at radius 1 is 1.00 bits per heavy atom. The van der Waals surface area contributed by atoms with E-state index in [1.165, 1.54) is 0 Å². The van der Waals surface area contributed by atoms with Crippen LogP contribution in [-0.2, 0) is 32.1 Å². The molecule has 0 N–H and O–H groups in total. The van der Waals surface area contributed by atoms with Crippen LogP contribution in [0.5, 0.6) is 5.75 Å². The third-order valence-electron chi connectivity index (χ3n) is 4.17. The van der Waals surface area contributed by atoms with Gasteiger partial charge in [-0.25, -0.2) is 4.79 Å². The Kier molecular flexibility index (Phi) is 9.27. The van der Waals surface area contributed by atoms with E-state index in [4.69, 9.17) is 9.47 Å². The molecule has 0 unspecified atom stereocenters. The summed E-state index contributed by atoms with van der Waals surface area (Å²) in [6.07, 6.45) is -1.03. The smallest absolute Gasteiger partial charge is 0.422 e. The molecule has 0 heterocycles. The van der Waals surface area contributed by atoms with Gasteiger partial charge in [-0.3, -0.25) is 4.79 Å². The molecule has 5 nitrogen and oxygen atoms in total. The standard InChI is InChI=1S/C25H25F3O5/c1-17(2)9-11-21-13-20(10-12-22(21)31-15-19-7-5-4-6-8-19)14-23(33-18(3)29)24(30)32-16-25(26,27)28/h4-10,12-14H,11,15-16H2,1-3H3/b23-14-. The molecule has 0 saturated carbocycles. The van der Waals surface area contributed by atoms with Crippen molar-refractivity contribution in [3.8, 4) is 5.75 Å². The third-order valence-corrected chi connectivity index (χ3v) is 4.17. The van der Waals surface area contributed by atoms with Crippen LogP contribution < -0.4 is 4.74 Å². The zero-order chi connectivity index (χ0) is 24.4. The highest BCUT2D eigenvalue weighted by molar-refractivity contribution is 5.94. The number of rotatable bonds is 9. The van der Waals surface area contributed by atoms with E-state index in [2.05, 4.69) is 4.74 Å². The summed E-state index contributed by atoms with van der Waals surface area (Å²) >= 11 is 0. The van der Waals surface area contributed by atoms with Gasteiger partial charge in [0.15, 0.2) is 6.61 Å². The van der Waals surface area contributed by atoms with Crippen molar-refractivity contribution in [3.05, 3.63) is 82.6 Å². The summed E-state index contributed by atoms with van der Waals surface area (Å²) < 4.78 is 52.1. The number of allylic oxidation sites excluding steroid dienone is 2. The van der Waals surface area contributed by atoms with E-state index in [1.54, 1.807) is 18.2 Å². The highest BCUT2D eigenvalue weighted by atomic mass is 19.4. The fraction of sp³-hybridized carbons (Fsp3) is 0.280. The number of alkyl halides is 3. The van der Waals surface area contributed by atoms with Crippen LogP contribution in [0, 0.1) is 0 Å². The van der Waals surface area contributed by atoms with Crippen LogP contribution in [0.1, 0.15) is 37.5 Å². The van der Waals surface area contributed by atoms with Crippen LogP contribution in [0.15, 0.2) is 65.9 Å². The SMILES string of the molecule is CC(=O)O/C(=C\c1ccc(OCc2ccccc2)c(CC=C(C)C)c1)C(=O)OCC(F)(F)F. The van der Waals surface area contributed by atoms with Gasteiger partial charge in [-0.2, -0.15) is 13.2 Å². The van der Waals surface area contributed by atoms with Crippen molar-refractivity contribution in [1.29, 1.82) is 0 Å². The first-order valence-corrected chi connectivity index (χ1v) is 10.1. The summed E-state index contributed by atoms with van der Waals surface area (Å²) in [5.74, 6) is -2.28. The lowest BCUT2D eigenvalue weighted by Crippen LogP contribution is -2.22. The Morgan fingerprint density at radius 2 is 1.70 bits per heavy atom. The van der Waals surface area contributed by atoms with E-state index >= 15 is 0 Å². The normalized spacial score (nSPS) is 11.5. The minimum atomic E-state index is -4.70. The Bertz CT molecular complexity index is 1020. The molecule has 0 aliphatic rings. The molecule has 2 aromatic carbocycles. The van der Waals surface area contributed by atoms with Gasteiger partial charge in [-0.05, 0) is 55.2 Å². The Labute approximate surface area is 190 Å². The molecule has 2 aromatic rings. The highest BCUT2D eigenvalue weighted by Gasteiger charge is 2.31. The summed E-state index contributed by atoms with van der Waals surface area (Å²) in [5.41, 5.74) is 3.28. The maximum atomic E-state index is 12.4. The summed E-state index contributed by atoms with van der Waals surface area (Å²) in [6, 6.07) is 14.6. The first-order chi connectivity index (χ1) is 15.5. The molecule has 0 saturated heterocycles. The maximum absolute atomic E-state index is 12.4. The first kappa shape index (κ1) is 25.7. The fourth-order valence-electron chi connectivity index (χ4n) is 2.69. The molecule has 0 amide bonds. The van der Waals surface area contributed by atoms with Crippen molar-refractivity contribution in [1.82, 2.24) is 0 Å². The van der Waals surface area contributed by atoms with Gasteiger partial charge in [-0.1, -0.05) is 48.0 Å². The molecule has 0 aliphatic heterocycles. The van der Waals surface area contributed by atoms with Gasteiger partial charge < -0.3 is 14.2 Å². The monoisotopic (exact) mass is 462 g/mol. The lowest BCUT2D eigenvalue weighted by molar-refractivity contribution is -0.185. The van der Waals surface area contributed by atoms with Crippen LogP contribution in [0.4, 0.5) is 13.2 Å². The Hall–Kier alpha value is -3.55. The van der Waals surface area contributed by atoms with E-state index < -0.39 is 30.5 Å². The molecule has 0 radical (unpaired) electrons. The maximum Gasteiger partial charge on any atom is 0.422 e. The molecule has 0 aliphatic carbocycles. The number of carbonyl (C=O) groups is 2. The van der Waals surface area contributed by atoms with E-state index in [0.29, 0.717) is 24.3 Å². The predicted octanol–water partition coefficient (Wildman–Crippen LogP) is 5.78. The molecule has 0 atom stereocenters. The average molecular weight is 462 g/mol. The number of benzene rings is 2. The lowest BCUT2D eigenvalue weighted by atomic mass is 10.0. The molecule has 0 bridgehead atoms. The average Bonchev–Trinajstić information content (AvgIpc) is 2.74. The van der Waals surface area contributed by atoms with Crippen LogP contribution in [0.25, 0.3) is 6.08 Å². The topological polar surface area (TPSA) is 61.8 Å². The van der Waals surface area contributed by atoms with E-state index in [-0.39, 0.29) is 0 Å². The fourth-order valence-corrected chi connectivity index (χ4v) is 2.69. The molecular weight excluding hydrogens is 437 g/mol. The molecule has 176 valence electrons. The Balaban J connectivity index is 2.32. The minimum absolute atomic E-state index is 0.348. The quantitative estimate of drug-likeness (QED) is 0.205. The predicted molar refractivity (Wildman–Crippen MR) is 117 cm³/mol. The van der Waals surface area contributed by atoms with Gasteiger partial charge in [0.05, 0.1) is 0 Å². The van der Waals surface area contributed by atoms with Crippen molar-refractivity contribution in [2.45, 2.75) is 40.0 Å². The van der Waals surface area contributed by atoms with Crippen molar-refractivity contribution in [2.24, 2.45) is 0 Å². The highest BCUT2D eigenvalue weighted by Crippen LogP contribution is 2.25. The number of carbonyl (C=O) groups excluding carboxylic acids is 2. The first-order valence-electron chi connectivity index (χ1n) is 10.1. The van der Waals surface area contributed by atoms with Gasteiger partial charge in [0.2, 0.25) is 5.76 Å². The summed E-state index contributed by atoms with van der Waals surface area (Å²) in [4.78, 5) is 23.4. The molecule has 2 rings (SSSR count). The number of esters is 2. The number of hydrogen-bond acceptors (Lipinski definition) is 5. The second-order valence-corrected chi connectivity index (χ2v) is 7.42. The van der Waals surface area contributed by atoms with Crippen LogP contribution in [0.2, 0.25) is 0 Å². The zero-order valence-electron chi connectivity index (χ0n) is 18.6. The zero-order valence-corrected chi connectivity index (χ0v) is 18.6. The van der Waals surface area contributed by atoms with Crippen LogP contribution in [-0.4, -0.2) is 24.7 Å². The lowest BCUT2D eigenvalue weighted by Gasteiger charge is -2.13. The number of halogens is 3. The summed E-state index contributed by atoms with van der Waals surface area (Å²) in [6.45, 7) is 3.49. The number of ether oxygens (including phenoxy) is 3. The second-order valence-electron chi connectivity index (χ2n) is 7.42. The Morgan fingerprint density at radius 3 is 2.30 bits per heavy atom. The van der Waals surface area contributed by atoms with Gasteiger partial charge in [0, 0.05) is 6.92 Å². The summed E-state index contributed by atoms with van der Waals surface area (Å²) in [7, 11) is 0. The largest absolute Gasteiger partial charge is 0.489 e. The van der Waals surface area contributed by atoms with E-state index in [9.17, 15) is 22.8 Å². The van der Waals surface area contributed by atoms with E-state index in [1.807, 2.05) is 50.3 Å². The molecule has 0 aromatic heterocycles. The third kappa shape index (κ3) is 9.64. The summed E-state index contributed by atoms with van der Waals surface area (Å²) in [5, 5.41) is 0. The molecular formula is C25H25F3O5. The van der Waals surface area contributed by atoms with Crippen LogP contribution in [0.3, 0.4) is 0 Å². The van der Waals surface area contributed by atoms with Gasteiger partial charge in [0.25, 0.3) is 0 Å². The van der Waals surface area contributed by atoms with Crippen molar-refractivity contribution in [3.63, 3.8) is 0 Å². The van der Waals surface area contributed by atoms with Gasteiger partial charge >= 0.3 is 18.1 Å².